The van der Waals surface area contributed by atoms with Gasteiger partial charge in [0, 0.05) is 11.0 Å². The number of pyridine rings is 1. The summed E-state index contributed by atoms with van der Waals surface area (Å²) >= 11 is 9.28. The highest BCUT2D eigenvalue weighted by molar-refractivity contribution is 9.10. The number of nitrogen functional groups attached to an aromatic ring is 1. The number of hydrogen-bond donors (Lipinski definition) is 2. The van der Waals surface area contributed by atoms with E-state index in [1.165, 1.54) is 0 Å². The fraction of sp³-hybridized carbons (Fsp3) is 0.0769. The van der Waals surface area contributed by atoms with Crippen molar-refractivity contribution in [1.29, 1.82) is 0 Å². The summed E-state index contributed by atoms with van der Waals surface area (Å²) in [4.78, 5) is 15.9. The van der Waals surface area contributed by atoms with E-state index < -0.39 is 0 Å². The quantitative estimate of drug-likeness (QED) is 0.902. The maximum absolute atomic E-state index is 12.0. The van der Waals surface area contributed by atoms with Crippen LogP contribution in [0, 0.1) is 0 Å². The second-order valence-corrected chi connectivity index (χ2v) is 5.20. The first kappa shape index (κ1) is 13.8. The molecule has 1 aromatic heterocycles. The van der Waals surface area contributed by atoms with Crippen molar-refractivity contribution >= 4 is 39.3 Å². The molecule has 98 valence electrons. The normalized spacial score (nSPS) is 10.2. The van der Waals surface area contributed by atoms with E-state index in [4.69, 9.17) is 17.3 Å². The molecule has 0 radical (unpaired) electrons. The number of amides is 1. The average molecular weight is 341 g/mol. The van der Waals surface area contributed by atoms with E-state index in [1.54, 1.807) is 12.1 Å². The first-order valence-electron chi connectivity index (χ1n) is 5.51. The molecule has 0 aliphatic rings. The Morgan fingerprint density at radius 2 is 2.16 bits per heavy atom. The predicted molar refractivity (Wildman–Crippen MR) is 79.0 cm³/mol. The van der Waals surface area contributed by atoms with E-state index in [0.29, 0.717) is 6.54 Å². The fourth-order valence-electron chi connectivity index (χ4n) is 1.53. The van der Waals surface area contributed by atoms with Crippen LogP contribution in [0.3, 0.4) is 0 Å². The molecule has 2 aromatic rings. The topological polar surface area (TPSA) is 68.0 Å². The Morgan fingerprint density at radius 1 is 1.37 bits per heavy atom. The molecule has 0 saturated carbocycles. The molecule has 0 unspecified atom stereocenters. The second-order valence-electron chi connectivity index (χ2n) is 3.88. The van der Waals surface area contributed by atoms with Crippen LogP contribution < -0.4 is 11.1 Å². The number of rotatable bonds is 3. The van der Waals surface area contributed by atoms with Crippen LogP contribution in [0.5, 0.6) is 0 Å². The molecule has 0 atom stereocenters. The molecular formula is C13H11BrClN3O. The zero-order valence-electron chi connectivity index (χ0n) is 9.86. The smallest absolute Gasteiger partial charge is 0.271 e. The van der Waals surface area contributed by atoms with Gasteiger partial charge in [-0.25, -0.2) is 4.98 Å². The van der Waals surface area contributed by atoms with Gasteiger partial charge in [0.1, 0.15) is 11.5 Å². The second kappa shape index (κ2) is 6.04. The number of carbonyl (C=O) groups is 1. The van der Waals surface area contributed by atoms with Gasteiger partial charge in [-0.1, -0.05) is 39.7 Å². The zero-order valence-corrected chi connectivity index (χ0v) is 12.2. The molecule has 6 heteroatoms. The van der Waals surface area contributed by atoms with Gasteiger partial charge in [0.05, 0.1) is 5.02 Å². The van der Waals surface area contributed by atoms with Gasteiger partial charge >= 0.3 is 0 Å². The Morgan fingerprint density at radius 3 is 2.89 bits per heavy atom. The number of carbonyl (C=O) groups excluding carboxylic acids is 1. The van der Waals surface area contributed by atoms with Crippen LogP contribution in [0.4, 0.5) is 5.82 Å². The third-order valence-corrected chi connectivity index (χ3v) is 3.22. The monoisotopic (exact) mass is 339 g/mol. The summed E-state index contributed by atoms with van der Waals surface area (Å²) in [7, 11) is 0. The van der Waals surface area contributed by atoms with Crippen molar-refractivity contribution < 1.29 is 4.79 Å². The molecule has 1 heterocycles. The van der Waals surface area contributed by atoms with Crippen LogP contribution in [0.15, 0.2) is 40.9 Å². The predicted octanol–water partition coefficient (Wildman–Crippen LogP) is 3.01. The highest BCUT2D eigenvalue weighted by atomic mass is 79.9. The third kappa shape index (κ3) is 3.68. The van der Waals surface area contributed by atoms with E-state index in [-0.39, 0.29) is 22.4 Å². The van der Waals surface area contributed by atoms with Crippen molar-refractivity contribution in [2.24, 2.45) is 0 Å². The van der Waals surface area contributed by atoms with Crippen molar-refractivity contribution in [1.82, 2.24) is 10.3 Å². The Kier molecular flexibility index (Phi) is 4.39. The van der Waals surface area contributed by atoms with Crippen LogP contribution in [-0.4, -0.2) is 10.9 Å². The first-order chi connectivity index (χ1) is 9.06. The maximum Gasteiger partial charge on any atom is 0.271 e. The number of nitrogens with two attached hydrogens (primary N) is 1. The van der Waals surface area contributed by atoms with Gasteiger partial charge < -0.3 is 11.1 Å². The molecule has 19 heavy (non-hydrogen) atoms. The molecule has 0 aliphatic carbocycles. The SMILES string of the molecule is Nc1ccc(Cl)c(C(=O)NCc2cccc(Br)c2)n1. The number of anilines is 1. The summed E-state index contributed by atoms with van der Waals surface area (Å²) in [6, 6.07) is 10.8. The molecule has 4 nitrogen and oxygen atoms in total. The van der Waals surface area contributed by atoms with Crippen LogP contribution in [0.1, 0.15) is 16.1 Å². The summed E-state index contributed by atoms with van der Waals surface area (Å²) < 4.78 is 0.958. The minimum absolute atomic E-state index is 0.136. The zero-order chi connectivity index (χ0) is 13.8. The van der Waals surface area contributed by atoms with Crippen LogP contribution in [0.2, 0.25) is 5.02 Å². The van der Waals surface area contributed by atoms with E-state index >= 15 is 0 Å². The number of benzene rings is 1. The number of aromatic nitrogens is 1. The molecule has 3 N–H and O–H groups in total. The summed E-state index contributed by atoms with van der Waals surface area (Å²) in [6.45, 7) is 0.394. The molecule has 0 aliphatic heterocycles. The summed E-state index contributed by atoms with van der Waals surface area (Å²) in [5.74, 6) is -0.0886. The first-order valence-corrected chi connectivity index (χ1v) is 6.68. The van der Waals surface area contributed by atoms with Gasteiger partial charge in [-0.05, 0) is 29.8 Å². The largest absolute Gasteiger partial charge is 0.384 e. The van der Waals surface area contributed by atoms with Gasteiger partial charge in [-0.2, -0.15) is 0 Å². The van der Waals surface area contributed by atoms with Crippen molar-refractivity contribution in [2.45, 2.75) is 6.54 Å². The average Bonchev–Trinajstić information content (AvgIpc) is 2.39. The molecule has 0 spiro atoms. The molecule has 2 rings (SSSR count). The Balaban J connectivity index is 2.07. The van der Waals surface area contributed by atoms with Crippen molar-refractivity contribution in [2.75, 3.05) is 5.73 Å². The van der Waals surface area contributed by atoms with Gasteiger partial charge in [0.15, 0.2) is 0 Å². The van der Waals surface area contributed by atoms with Gasteiger partial charge in [-0.15, -0.1) is 0 Å². The lowest BCUT2D eigenvalue weighted by Crippen LogP contribution is -2.24. The lowest BCUT2D eigenvalue weighted by atomic mass is 10.2. The van der Waals surface area contributed by atoms with E-state index in [2.05, 4.69) is 26.2 Å². The highest BCUT2D eigenvalue weighted by Crippen LogP contribution is 2.15. The summed E-state index contributed by atoms with van der Waals surface area (Å²) in [5.41, 5.74) is 6.65. The molecular weight excluding hydrogens is 330 g/mol. The molecule has 0 fully saturated rings. The van der Waals surface area contributed by atoms with Crippen LogP contribution in [-0.2, 0) is 6.54 Å². The van der Waals surface area contributed by atoms with E-state index in [0.717, 1.165) is 10.0 Å². The lowest BCUT2D eigenvalue weighted by Gasteiger charge is -2.07. The molecule has 0 saturated heterocycles. The van der Waals surface area contributed by atoms with Crippen molar-refractivity contribution in [3.05, 3.63) is 57.2 Å². The molecule has 1 amide bonds. The summed E-state index contributed by atoms with van der Waals surface area (Å²) in [6.07, 6.45) is 0. The Bertz CT molecular complexity index is 619. The Hall–Kier alpha value is -1.59. The summed E-state index contributed by atoms with van der Waals surface area (Å²) in [5, 5.41) is 3.03. The number of nitrogens with one attached hydrogen (secondary N) is 1. The minimum Gasteiger partial charge on any atom is -0.384 e. The molecule has 0 bridgehead atoms. The highest BCUT2D eigenvalue weighted by Gasteiger charge is 2.12. The number of halogens is 2. The van der Waals surface area contributed by atoms with Gasteiger partial charge in [0.2, 0.25) is 0 Å². The van der Waals surface area contributed by atoms with Crippen molar-refractivity contribution in [3.63, 3.8) is 0 Å². The number of hydrogen-bond acceptors (Lipinski definition) is 3. The maximum atomic E-state index is 12.0. The molecule has 1 aromatic carbocycles. The fourth-order valence-corrected chi connectivity index (χ4v) is 2.17. The van der Waals surface area contributed by atoms with E-state index in [1.807, 2.05) is 24.3 Å². The lowest BCUT2D eigenvalue weighted by molar-refractivity contribution is 0.0946. The third-order valence-electron chi connectivity index (χ3n) is 2.42. The van der Waals surface area contributed by atoms with Gasteiger partial charge in [0.25, 0.3) is 5.91 Å². The van der Waals surface area contributed by atoms with Crippen LogP contribution >= 0.6 is 27.5 Å². The van der Waals surface area contributed by atoms with Gasteiger partial charge in [-0.3, -0.25) is 4.79 Å². The van der Waals surface area contributed by atoms with Crippen LogP contribution in [0.25, 0.3) is 0 Å². The van der Waals surface area contributed by atoms with E-state index in [9.17, 15) is 4.79 Å². The number of nitrogens with zero attached hydrogens (tertiary/aromatic N) is 1. The minimum atomic E-state index is -0.350. The Labute approximate surface area is 124 Å². The van der Waals surface area contributed by atoms with Crippen molar-refractivity contribution in [3.8, 4) is 0 Å². The standard InChI is InChI=1S/C13H11BrClN3O/c14-9-3-1-2-8(6-9)7-17-13(19)12-10(15)4-5-11(16)18-12/h1-6H,7H2,(H2,16,18)(H,17,19).